The molecule has 13 heavy (non-hydrogen) atoms. The van der Waals surface area contributed by atoms with Gasteiger partial charge in [-0.2, -0.15) is 0 Å². The molecule has 1 N–H and O–H groups in total. The lowest BCUT2D eigenvalue weighted by Gasteiger charge is -2.22. The van der Waals surface area contributed by atoms with Crippen molar-refractivity contribution in [3.8, 4) is 0 Å². The highest BCUT2D eigenvalue weighted by molar-refractivity contribution is 5.73. The number of aliphatic carboxylic acids is 1. The molecule has 0 spiro atoms. The maximum atomic E-state index is 12.3. The monoisotopic (exact) mass is 189 g/mol. The summed E-state index contributed by atoms with van der Waals surface area (Å²) in [7, 11) is 0. The van der Waals surface area contributed by atoms with Gasteiger partial charge in [0.1, 0.15) is 6.04 Å². The molecule has 0 aromatic heterocycles. The molecule has 0 bridgehead atoms. The second-order valence-corrected chi connectivity index (χ2v) is 3.57. The van der Waals surface area contributed by atoms with Crippen molar-refractivity contribution in [2.75, 3.05) is 19.8 Å². The Balaban J connectivity index is 2.48. The third-order valence-corrected chi connectivity index (χ3v) is 2.65. The number of halogens is 1. The molecule has 1 rings (SSSR count). The summed E-state index contributed by atoms with van der Waals surface area (Å²) in [6.45, 7) is 2.84. The molecule has 1 aliphatic rings. The van der Waals surface area contributed by atoms with Gasteiger partial charge in [0.05, 0.1) is 6.67 Å². The average Bonchev–Trinajstić information content (AvgIpc) is 2.53. The van der Waals surface area contributed by atoms with E-state index in [1.54, 1.807) is 0 Å². The van der Waals surface area contributed by atoms with Gasteiger partial charge in [-0.1, -0.05) is 6.92 Å². The maximum Gasteiger partial charge on any atom is 0.320 e. The average molecular weight is 189 g/mol. The van der Waals surface area contributed by atoms with E-state index in [-0.39, 0.29) is 12.6 Å². The van der Waals surface area contributed by atoms with Crippen LogP contribution in [0, 0.1) is 5.92 Å². The number of likely N-dealkylation sites (tertiary alicyclic amines) is 1. The summed E-state index contributed by atoms with van der Waals surface area (Å²) < 4.78 is 12.3. The fourth-order valence-electron chi connectivity index (χ4n) is 1.86. The molecule has 1 fully saturated rings. The quantitative estimate of drug-likeness (QED) is 0.721. The van der Waals surface area contributed by atoms with Crippen molar-refractivity contribution in [1.82, 2.24) is 4.90 Å². The molecule has 0 unspecified atom stereocenters. The van der Waals surface area contributed by atoms with Gasteiger partial charge in [-0.15, -0.1) is 0 Å². The minimum absolute atomic E-state index is 0.0494. The minimum Gasteiger partial charge on any atom is -0.480 e. The Hall–Kier alpha value is -0.640. The minimum atomic E-state index is -0.790. The molecule has 1 saturated heterocycles. The van der Waals surface area contributed by atoms with Crippen LogP contribution in [0.2, 0.25) is 0 Å². The van der Waals surface area contributed by atoms with Crippen LogP contribution >= 0.6 is 0 Å². The maximum absolute atomic E-state index is 12.3. The Kier molecular flexibility index (Phi) is 3.66. The van der Waals surface area contributed by atoms with Crippen LogP contribution in [0.25, 0.3) is 0 Å². The number of carbonyl (C=O) groups is 1. The topological polar surface area (TPSA) is 40.5 Å². The zero-order valence-electron chi connectivity index (χ0n) is 7.87. The molecule has 2 atom stereocenters. The first-order valence-corrected chi connectivity index (χ1v) is 4.71. The van der Waals surface area contributed by atoms with Crippen LogP contribution in [-0.4, -0.2) is 41.8 Å². The predicted molar refractivity (Wildman–Crippen MR) is 47.4 cm³/mol. The Bertz CT molecular complexity index is 186. The summed E-state index contributed by atoms with van der Waals surface area (Å²) in [5.41, 5.74) is 0. The number of carboxylic acids is 1. The Morgan fingerprint density at radius 1 is 1.77 bits per heavy atom. The van der Waals surface area contributed by atoms with Gasteiger partial charge in [-0.05, 0) is 19.4 Å². The highest BCUT2D eigenvalue weighted by Crippen LogP contribution is 2.20. The summed E-state index contributed by atoms with van der Waals surface area (Å²) in [5, 5.41) is 8.86. The summed E-state index contributed by atoms with van der Waals surface area (Å²) >= 11 is 0. The molecular formula is C9H16FNO2. The van der Waals surface area contributed by atoms with E-state index in [9.17, 15) is 9.18 Å². The number of hydrogen-bond acceptors (Lipinski definition) is 2. The van der Waals surface area contributed by atoms with Gasteiger partial charge in [0.25, 0.3) is 0 Å². The summed E-state index contributed by atoms with van der Waals surface area (Å²) in [5.74, 6) is -0.740. The van der Waals surface area contributed by atoms with Gasteiger partial charge in [-0.25, -0.2) is 0 Å². The second-order valence-electron chi connectivity index (χ2n) is 3.57. The molecule has 0 aliphatic carbocycles. The number of nitrogens with zero attached hydrogens (tertiary/aromatic N) is 1. The SMILES string of the molecule is CC[C@@H](C(=O)O)N1CC[C@H](CF)C1. The smallest absolute Gasteiger partial charge is 0.320 e. The van der Waals surface area contributed by atoms with Gasteiger partial charge < -0.3 is 5.11 Å². The first-order chi connectivity index (χ1) is 6.19. The van der Waals surface area contributed by atoms with E-state index in [1.807, 2.05) is 11.8 Å². The standard InChI is InChI=1S/C9H16FNO2/c1-2-8(9(12)13)11-4-3-7(5-10)6-11/h7-8H,2-6H2,1H3,(H,12,13)/t7-,8+/m1/s1. The van der Waals surface area contributed by atoms with Crippen molar-refractivity contribution < 1.29 is 14.3 Å². The van der Waals surface area contributed by atoms with E-state index in [4.69, 9.17) is 5.11 Å². The lowest BCUT2D eigenvalue weighted by Crippen LogP contribution is -2.39. The lowest BCUT2D eigenvalue weighted by atomic mass is 10.1. The highest BCUT2D eigenvalue weighted by atomic mass is 19.1. The van der Waals surface area contributed by atoms with E-state index < -0.39 is 12.0 Å². The van der Waals surface area contributed by atoms with Crippen LogP contribution in [0.5, 0.6) is 0 Å². The summed E-state index contributed by atoms with van der Waals surface area (Å²) in [4.78, 5) is 12.6. The predicted octanol–water partition coefficient (Wildman–Crippen LogP) is 1.14. The summed E-state index contributed by atoms with van der Waals surface area (Å²) in [6.07, 6.45) is 1.38. The van der Waals surface area contributed by atoms with Crippen molar-refractivity contribution >= 4 is 5.97 Å². The van der Waals surface area contributed by atoms with E-state index in [1.165, 1.54) is 0 Å². The third-order valence-electron chi connectivity index (χ3n) is 2.65. The highest BCUT2D eigenvalue weighted by Gasteiger charge is 2.30. The molecule has 1 aliphatic heterocycles. The number of carboxylic acid groups (broad SMARTS) is 1. The van der Waals surface area contributed by atoms with Crippen molar-refractivity contribution in [3.05, 3.63) is 0 Å². The number of rotatable bonds is 4. The van der Waals surface area contributed by atoms with Crippen LogP contribution in [0.4, 0.5) is 4.39 Å². The van der Waals surface area contributed by atoms with Crippen LogP contribution in [-0.2, 0) is 4.79 Å². The normalized spacial score (nSPS) is 26.2. The van der Waals surface area contributed by atoms with Crippen LogP contribution in [0.3, 0.4) is 0 Å². The summed E-state index contributed by atoms with van der Waals surface area (Å²) in [6, 6.07) is -0.420. The van der Waals surface area contributed by atoms with Crippen molar-refractivity contribution in [2.45, 2.75) is 25.8 Å². The molecule has 0 aromatic carbocycles. The first-order valence-electron chi connectivity index (χ1n) is 4.71. The molecule has 0 aromatic rings. The zero-order valence-corrected chi connectivity index (χ0v) is 7.87. The molecule has 0 radical (unpaired) electrons. The molecule has 1 heterocycles. The third kappa shape index (κ3) is 2.40. The van der Waals surface area contributed by atoms with Crippen molar-refractivity contribution in [1.29, 1.82) is 0 Å². The molecular weight excluding hydrogens is 173 g/mol. The van der Waals surface area contributed by atoms with Crippen LogP contribution in [0.15, 0.2) is 0 Å². The second kappa shape index (κ2) is 4.56. The van der Waals surface area contributed by atoms with Crippen LogP contribution in [0.1, 0.15) is 19.8 Å². The Labute approximate surface area is 77.5 Å². The number of hydrogen-bond donors (Lipinski definition) is 1. The van der Waals surface area contributed by atoms with Crippen molar-refractivity contribution in [2.24, 2.45) is 5.92 Å². The first kappa shape index (κ1) is 10.4. The fraction of sp³-hybridized carbons (Fsp3) is 0.889. The van der Waals surface area contributed by atoms with Gasteiger partial charge in [0.2, 0.25) is 0 Å². The van der Waals surface area contributed by atoms with Crippen LogP contribution < -0.4 is 0 Å². The van der Waals surface area contributed by atoms with Gasteiger partial charge >= 0.3 is 5.97 Å². The number of alkyl halides is 1. The molecule has 76 valence electrons. The van der Waals surface area contributed by atoms with Gasteiger partial charge in [0.15, 0.2) is 0 Å². The fourth-order valence-corrected chi connectivity index (χ4v) is 1.86. The molecule has 0 saturated carbocycles. The Morgan fingerprint density at radius 2 is 2.46 bits per heavy atom. The van der Waals surface area contributed by atoms with E-state index in [2.05, 4.69) is 0 Å². The van der Waals surface area contributed by atoms with Gasteiger partial charge in [-0.3, -0.25) is 14.1 Å². The van der Waals surface area contributed by atoms with E-state index >= 15 is 0 Å². The van der Waals surface area contributed by atoms with Gasteiger partial charge in [0, 0.05) is 12.5 Å². The van der Waals surface area contributed by atoms with E-state index in [0.29, 0.717) is 13.0 Å². The van der Waals surface area contributed by atoms with Crippen molar-refractivity contribution in [3.63, 3.8) is 0 Å². The Morgan fingerprint density at radius 3 is 2.85 bits per heavy atom. The molecule has 3 nitrogen and oxygen atoms in total. The largest absolute Gasteiger partial charge is 0.480 e. The molecule has 4 heteroatoms. The van der Waals surface area contributed by atoms with E-state index in [0.717, 1.165) is 13.0 Å². The zero-order chi connectivity index (χ0) is 9.84. The lowest BCUT2D eigenvalue weighted by molar-refractivity contribution is -0.143. The molecule has 0 amide bonds.